The van der Waals surface area contributed by atoms with E-state index < -0.39 is 0 Å². The molecular weight excluding hydrogens is 347 g/mol. The molecule has 2 aromatic rings. The van der Waals surface area contributed by atoms with Gasteiger partial charge in [0.15, 0.2) is 0 Å². The first-order valence-corrected chi connectivity index (χ1v) is 7.69. The van der Waals surface area contributed by atoms with Crippen molar-refractivity contribution >= 4 is 28.3 Å². The minimum Gasteiger partial charge on any atom is -0.368 e. The molecule has 1 aliphatic rings. The maximum Gasteiger partial charge on any atom is 0.0498 e. The fraction of sp³-hybridized carbons (Fsp3) is 0.250. The predicted octanol–water partition coefficient (Wildman–Crippen LogP) is 3.44. The molecule has 1 unspecified atom stereocenters. The fourth-order valence-electron chi connectivity index (χ4n) is 2.54. The van der Waals surface area contributed by atoms with E-state index in [0.717, 1.165) is 19.6 Å². The fourth-order valence-corrected chi connectivity index (χ4v) is 2.90. The molecule has 98 valence electrons. The van der Waals surface area contributed by atoms with Gasteiger partial charge < -0.3 is 10.2 Å². The molecule has 1 fully saturated rings. The highest BCUT2D eigenvalue weighted by Gasteiger charge is 2.20. The van der Waals surface area contributed by atoms with Crippen LogP contribution >= 0.6 is 22.6 Å². The van der Waals surface area contributed by atoms with E-state index in [2.05, 4.69) is 87.4 Å². The van der Waals surface area contributed by atoms with Gasteiger partial charge in [0, 0.05) is 34.9 Å². The van der Waals surface area contributed by atoms with Gasteiger partial charge in [-0.15, -0.1) is 0 Å². The summed E-state index contributed by atoms with van der Waals surface area (Å²) in [7, 11) is 0. The zero-order valence-corrected chi connectivity index (χ0v) is 12.9. The van der Waals surface area contributed by atoms with E-state index in [1.807, 2.05) is 0 Å². The third-order valence-electron chi connectivity index (χ3n) is 3.57. The van der Waals surface area contributed by atoms with Crippen molar-refractivity contribution < 1.29 is 0 Å². The van der Waals surface area contributed by atoms with Crippen LogP contribution in [0.3, 0.4) is 0 Å². The van der Waals surface area contributed by atoms with Gasteiger partial charge in [0.2, 0.25) is 0 Å². The molecule has 2 nitrogen and oxygen atoms in total. The van der Waals surface area contributed by atoms with Crippen molar-refractivity contribution in [3.8, 4) is 0 Å². The average molecular weight is 364 g/mol. The monoisotopic (exact) mass is 364 g/mol. The molecule has 0 spiro atoms. The highest BCUT2D eigenvalue weighted by molar-refractivity contribution is 14.1. The van der Waals surface area contributed by atoms with Crippen molar-refractivity contribution in [3.63, 3.8) is 0 Å². The quantitative estimate of drug-likeness (QED) is 0.822. The summed E-state index contributed by atoms with van der Waals surface area (Å²) < 4.78 is 1.29. The van der Waals surface area contributed by atoms with Crippen molar-refractivity contribution in [2.75, 3.05) is 24.5 Å². The van der Waals surface area contributed by atoms with Crippen LogP contribution in [-0.4, -0.2) is 19.6 Å². The number of hydrogen-bond acceptors (Lipinski definition) is 2. The van der Waals surface area contributed by atoms with Gasteiger partial charge in [0.1, 0.15) is 0 Å². The van der Waals surface area contributed by atoms with E-state index in [-0.39, 0.29) is 0 Å². The molecule has 0 bridgehead atoms. The van der Waals surface area contributed by atoms with Crippen molar-refractivity contribution in [1.29, 1.82) is 0 Å². The highest BCUT2D eigenvalue weighted by Crippen LogP contribution is 2.23. The topological polar surface area (TPSA) is 15.3 Å². The van der Waals surface area contributed by atoms with Crippen LogP contribution < -0.4 is 10.2 Å². The van der Waals surface area contributed by atoms with Gasteiger partial charge in [-0.05, 0) is 52.4 Å². The van der Waals surface area contributed by atoms with Gasteiger partial charge >= 0.3 is 0 Å². The number of rotatable bonds is 2. The minimum atomic E-state index is 0.425. The maximum atomic E-state index is 3.60. The van der Waals surface area contributed by atoms with Gasteiger partial charge in [-0.2, -0.15) is 0 Å². The zero-order valence-electron chi connectivity index (χ0n) is 10.7. The molecule has 1 saturated heterocycles. The Morgan fingerprint density at radius 1 is 1.00 bits per heavy atom. The summed E-state index contributed by atoms with van der Waals surface area (Å²) in [4.78, 5) is 2.46. The molecule has 0 aliphatic carbocycles. The molecule has 3 heteroatoms. The lowest BCUT2D eigenvalue weighted by atomic mass is 10.0. The van der Waals surface area contributed by atoms with Crippen molar-refractivity contribution in [2.45, 2.75) is 6.04 Å². The van der Waals surface area contributed by atoms with E-state index in [4.69, 9.17) is 0 Å². The van der Waals surface area contributed by atoms with E-state index >= 15 is 0 Å². The highest BCUT2D eigenvalue weighted by atomic mass is 127. The number of hydrogen-bond donors (Lipinski definition) is 1. The Balaban J connectivity index is 1.76. The first kappa shape index (κ1) is 12.9. The Bertz CT molecular complexity index is 524. The Hall–Kier alpha value is -1.07. The Morgan fingerprint density at radius 3 is 2.47 bits per heavy atom. The lowest BCUT2D eigenvalue weighted by Crippen LogP contribution is -2.45. The van der Waals surface area contributed by atoms with Crippen LogP contribution in [0.15, 0.2) is 54.6 Å². The molecule has 0 aromatic heterocycles. The first-order valence-electron chi connectivity index (χ1n) is 6.62. The van der Waals surface area contributed by atoms with Crippen LogP contribution in [0.25, 0.3) is 0 Å². The molecule has 0 amide bonds. The summed E-state index contributed by atoms with van der Waals surface area (Å²) in [6, 6.07) is 19.9. The van der Waals surface area contributed by atoms with Crippen LogP contribution in [0.2, 0.25) is 0 Å². The average Bonchev–Trinajstić information content (AvgIpc) is 2.49. The summed E-state index contributed by atoms with van der Waals surface area (Å²) >= 11 is 2.35. The summed E-state index contributed by atoms with van der Waals surface area (Å²) in [6.07, 6.45) is 0. The van der Waals surface area contributed by atoms with E-state index in [1.54, 1.807) is 0 Å². The summed E-state index contributed by atoms with van der Waals surface area (Å²) in [5.41, 5.74) is 2.69. The summed E-state index contributed by atoms with van der Waals surface area (Å²) in [5, 5.41) is 3.60. The normalized spacial score (nSPS) is 19.4. The second-order valence-corrected chi connectivity index (χ2v) is 6.09. The van der Waals surface area contributed by atoms with Crippen molar-refractivity contribution in [3.05, 3.63) is 63.7 Å². The smallest absolute Gasteiger partial charge is 0.0498 e. The molecule has 0 radical (unpaired) electrons. The van der Waals surface area contributed by atoms with Crippen LogP contribution in [0.1, 0.15) is 11.6 Å². The van der Waals surface area contributed by atoms with Gasteiger partial charge in [-0.1, -0.05) is 30.3 Å². The summed E-state index contributed by atoms with van der Waals surface area (Å²) in [6.45, 7) is 3.14. The van der Waals surface area contributed by atoms with Crippen LogP contribution in [0, 0.1) is 3.57 Å². The molecule has 1 heterocycles. The number of nitrogens with one attached hydrogen (secondary N) is 1. The van der Waals surface area contributed by atoms with Crippen LogP contribution in [-0.2, 0) is 0 Å². The third kappa shape index (κ3) is 3.09. The number of anilines is 1. The third-order valence-corrected chi connectivity index (χ3v) is 4.29. The number of nitrogens with zero attached hydrogens (tertiary/aromatic N) is 1. The van der Waals surface area contributed by atoms with Gasteiger partial charge in [-0.3, -0.25) is 0 Å². The minimum absolute atomic E-state index is 0.425. The van der Waals surface area contributed by atoms with Crippen LogP contribution in [0.5, 0.6) is 0 Å². The molecular formula is C16H17IN2. The van der Waals surface area contributed by atoms with E-state index in [9.17, 15) is 0 Å². The molecule has 2 aromatic carbocycles. The van der Waals surface area contributed by atoms with Crippen LogP contribution in [0.4, 0.5) is 5.69 Å². The summed E-state index contributed by atoms with van der Waals surface area (Å²) in [5.74, 6) is 0. The SMILES string of the molecule is Ic1ccc(N2CCNC(c3ccccc3)C2)cc1. The number of piperazine rings is 1. The molecule has 0 saturated carbocycles. The molecule has 1 N–H and O–H groups in total. The molecule has 1 aliphatic heterocycles. The Labute approximate surface area is 128 Å². The van der Waals surface area contributed by atoms with Gasteiger partial charge in [0.25, 0.3) is 0 Å². The molecule has 1 atom stereocenters. The second-order valence-electron chi connectivity index (χ2n) is 4.84. The first-order chi connectivity index (χ1) is 9.33. The van der Waals surface area contributed by atoms with E-state index in [0.29, 0.717) is 6.04 Å². The number of halogens is 1. The van der Waals surface area contributed by atoms with E-state index in [1.165, 1.54) is 14.8 Å². The van der Waals surface area contributed by atoms with Gasteiger partial charge in [0.05, 0.1) is 0 Å². The lowest BCUT2D eigenvalue weighted by molar-refractivity contribution is 0.472. The predicted molar refractivity (Wildman–Crippen MR) is 88.6 cm³/mol. The standard InChI is InChI=1S/C16H17IN2/c17-14-6-8-15(9-7-14)19-11-10-18-16(12-19)13-4-2-1-3-5-13/h1-9,16,18H,10-12H2. The lowest BCUT2D eigenvalue weighted by Gasteiger charge is -2.35. The zero-order chi connectivity index (χ0) is 13.1. The largest absolute Gasteiger partial charge is 0.368 e. The van der Waals surface area contributed by atoms with Crippen molar-refractivity contribution in [2.24, 2.45) is 0 Å². The van der Waals surface area contributed by atoms with Gasteiger partial charge in [-0.25, -0.2) is 0 Å². The van der Waals surface area contributed by atoms with Crippen molar-refractivity contribution in [1.82, 2.24) is 5.32 Å². The maximum absolute atomic E-state index is 3.60. The number of benzene rings is 2. The molecule has 19 heavy (non-hydrogen) atoms. The molecule has 3 rings (SSSR count). The Kier molecular flexibility index (Phi) is 4.03. The second kappa shape index (κ2) is 5.92. The Morgan fingerprint density at radius 2 is 1.74 bits per heavy atom.